The number of nitrogens with two attached hydrogens (primary N) is 1. The molecule has 0 aliphatic carbocycles. The van der Waals surface area contributed by atoms with Gasteiger partial charge in [0.15, 0.2) is 0 Å². The average Bonchev–Trinajstić information content (AvgIpc) is 2.48. The topological polar surface area (TPSA) is 64.8 Å². The predicted octanol–water partition coefficient (Wildman–Crippen LogP) is 2.02. The lowest BCUT2D eigenvalue weighted by Gasteiger charge is -2.32. The molecule has 1 aromatic rings. The summed E-state index contributed by atoms with van der Waals surface area (Å²) in [6.45, 7) is 4.80. The molecule has 0 bridgehead atoms. The van der Waals surface area contributed by atoms with Crippen LogP contribution in [0.1, 0.15) is 31.2 Å². The minimum Gasteiger partial charge on any atom is -0.495 e. The second-order valence-electron chi connectivity index (χ2n) is 5.46. The smallest absolute Gasteiger partial charge is 0.302 e. The lowest BCUT2D eigenvalue weighted by molar-refractivity contribution is -0.141. The number of methoxy groups -OCH3 is 1. The molecule has 0 saturated carbocycles. The maximum atomic E-state index is 10.7. The summed E-state index contributed by atoms with van der Waals surface area (Å²) in [5.74, 6) is 1.09. The van der Waals surface area contributed by atoms with Gasteiger partial charge in [0.05, 0.1) is 12.8 Å². The zero-order valence-electron chi connectivity index (χ0n) is 12.8. The molecule has 1 aromatic carbocycles. The molecular formula is C16H24N2O3. The van der Waals surface area contributed by atoms with Gasteiger partial charge in [0.1, 0.15) is 12.4 Å². The summed E-state index contributed by atoms with van der Waals surface area (Å²) in [5.41, 5.74) is 7.83. The molecule has 0 unspecified atom stereocenters. The third-order valence-corrected chi connectivity index (χ3v) is 4.03. The molecule has 1 fully saturated rings. The van der Waals surface area contributed by atoms with Gasteiger partial charge in [-0.1, -0.05) is 6.07 Å². The molecule has 21 heavy (non-hydrogen) atoms. The second-order valence-corrected chi connectivity index (χ2v) is 5.46. The molecule has 2 N–H and O–H groups in total. The highest BCUT2D eigenvalue weighted by atomic mass is 16.5. The van der Waals surface area contributed by atoms with Crippen molar-refractivity contribution in [2.45, 2.75) is 25.7 Å². The lowest BCUT2D eigenvalue weighted by Crippen LogP contribution is -2.35. The number of likely N-dealkylation sites (tertiary alicyclic amines) is 1. The van der Waals surface area contributed by atoms with Crippen LogP contribution in [-0.2, 0) is 9.53 Å². The molecule has 1 heterocycles. The van der Waals surface area contributed by atoms with Gasteiger partial charge in [-0.3, -0.25) is 9.69 Å². The van der Waals surface area contributed by atoms with Gasteiger partial charge in [-0.25, -0.2) is 0 Å². The molecule has 1 saturated heterocycles. The van der Waals surface area contributed by atoms with E-state index in [1.54, 1.807) is 7.11 Å². The van der Waals surface area contributed by atoms with Crippen LogP contribution in [0.5, 0.6) is 5.75 Å². The first-order valence-electron chi connectivity index (χ1n) is 7.39. The van der Waals surface area contributed by atoms with E-state index in [9.17, 15) is 4.79 Å². The minimum atomic E-state index is -0.209. The molecule has 5 nitrogen and oxygen atoms in total. The first-order valence-corrected chi connectivity index (χ1v) is 7.39. The Balaban J connectivity index is 1.84. The van der Waals surface area contributed by atoms with Crippen LogP contribution in [0.3, 0.4) is 0 Å². The molecule has 2 rings (SSSR count). The number of hydrogen-bond acceptors (Lipinski definition) is 5. The summed E-state index contributed by atoms with van der Waals surface area (Å²) in [6.07, 6.45) is 2.21. The van der Waals surface area contributed by atoms with Crippen LogP contribution in [0.2, 0.25) is 0 Å². The monoisotopic (exact) mass is 292 g/mol. The van der Waals surface area contributed by atoms with E-state index in [4.69, 9.17) is 15.2 Å². The Bertz CT molecular complexity index is 482. The number of anilines is 1. The van der Waals surface area contributed by atoms with Gasteiger partial charge in [0, 0.05) is 13.5 Å². The first-order chi connectivity index (χ1) is 10.1. The minimum absolute atomic E-state index is 0.209. The molecule has 0 radical (unpaired) electrons. The van der Waals surface area contributed by atoms with Crippen molar-refractivity contribution in [1.29, 1.82) is 0 Å². The highest BCUT2D eigenvalue weighted by molar-refractivity contribution is 5.65. The van der Waals surface area contributed by atoms with Gasteiger partial charge in [0.2, 0.25) is 0 Å². The van der Waals surface area contributed by atoms with Crippen LogP contribution in [-0.4, -0.2) is 44.2 Å². The van der Waals surface area contributed by atoms with Crippen molar-refractivity contribution < 1.29 is 14.3 Å². The number of carbonyl (C=O) groups excluding carboxylic acids is 1. The maximum Gasteiger partial charge on any atom is 0.302 e. The molecule has 0 aromatic heterocycles. The van der Waals surface area contributed by atoms with Gasteiger partial charge in [0.25, 0.3) is 0 Å². The van der Waals surface area contributed by atoms with Crippen molar-refractivity contribution in [2.24, 2.45) is 0 Å². The van der Waals surface area contributed by atoms with Crippen molar-refractivity contribution >= 4 is 11.7 Å². The van der Waals surface area contributed by atoms with Gasteiger partial charge in [-0.2, -0.15) is 0 Å². The van der Waals surface area contributed by atoms with Gasteiger partial charge in [-0.15, -0.1) is 0 Å². The van der Waals surface area contributed by atoms with Crippen LogP contribution >= 0.6 is 0 Å². The Labute approximate surface area is 126 Å². The normalized spacial score (nSPS) is 16.7. The largest absolute Gasteiger partial charge is 0.495 e. The number of hydrogen-bond donors (Lipinski definition) is 1. The Morgan fingerprint density at radius 3 is 2.71 bits per heavy atom. The molecule has 0 amide bonds. The van der Waals surface area contributed by atoms with Crippen molar-refractivity contribution in [1.82, 2.24) is 4.90 Å². The van der Waals surface area contributed by atoms with E-state index in [-0.39, 0.29) is 5.97 Å². The van der Waals surface area contributed by atoms with Crippen molar-refractivity contribution in [3.63, 3.8) is 0 Å². The van der Waals surface area contributed by atoms with E-state index in [0.717, 1.165) is 38.2 Å². The Morgan fingerprint density at radius 2 is 2.10 bits per heavy atom. The number of nitrogen functional groups attached to an aromatic ring is 1. The molecule has 5 heteroatoms. The highest BCUT2D eigenvalue weighted by Gasteiger charge is 2.21. The number of carbonyl (C=O) groups is 1. The highest BCUT2D eigenvalue weighted by Crippen LogP contribution is 2.32. The summed E-state index contributed by atoms with van der Waals surface area (Å²) < 4.78 is 10.3. The predicted molar refractivity (Wildman–Crippen MR) is 82.5 cm³/mol. The summed E-state index contributed by atoms with van der Waals surface area (Å²) in [4.78, 5) is 13.1. The standard InChI is InChI=1S/C16H24N2O3/c1-12(19)21-10-9-18-7-5-13(6-8-18)14-3-4-15(17)16(11-14)20-2/h3-4,11,13H,5-10,17H2,1-2H3. The molecule has 0 atom stereocenters. The number of nitrogens with zero attached hydrogens (tertiary/aromatic N) is 1. The fourth-order valence-corrected chi connectivity index (χ4v) is 2.79. The van der Waals surface area contributed by atoms with E-state index >= 15 is 0 Å². The van der Waals surface area contributed by atoms with E-state index in [2.05, 4.69) is 17.0 Å². The number of benzene rings is 1. The van der Waals surface area contributed by atoms with Gasteiger partial charge < -0.3 is 15.2 Å². The van der Waals surface area contributed by atoms with Crippen molar-refractivity contribution in [3.05, 3.63) is 23.8 Å². The van der Waals surface area contributed by atoms with Gasteiger partial charge >= 0.3 is 5.97 Å². The number of rotatable bonds is 5. The van der Waals surface area contributed by atoms with E-state index in [1.165, 1.54) is 12.5 Å². The number of esters is 1. The van der Waals surface area contributed by atoms with Crippen LogP contribution in [0, 0.1) is 0 Å². The van der Waals surface area contributed by atoms with E-state index in [1.807, 2.05) is 6.07 Å². The molecule has 1 aliphatic heterocycles. The zero-order valence-corrected chi connectivity index (χ0v) is 12.8. The van der Waals surface area contributed by atoms with Crippen molar-refractivity contribution in [3.8, 4) is 5.75 Å². The molecule has 0 spiro atoms. The second kappa shape index (κ2) is 7.31. The Hall–Kier alpha value is -1.75. The van der Waals surface area contributed by atoms with Crippen LogP contribution < -0.4 is 10.5 Å². The first kappa shape index (κ1) is 15.6. The third-order valence-electron chi connectivity index (χ3n) is 4.03. The number of ether oxygens (including phenoxy) is 2. The fourth-order valence-electron chi connectivity index (χ4n) is 2.79. The maximum absolute atomic E-state index is 10.7. The van der Waals surface area contributed by atoms with Crippen LogP contribution in [0.4, 0.5) is 5.69 Å². The quantitative estimate of drug-likeness (QED) is 0.664. The Morgan fingerprint density at radius 1 is 1.38 bits per heavy atom. The SMILES string of the molecule is COc1cc(C2CCN(CCOC(C)=O)CC2)ccc1N. The van der Waals surface area contributed by atoms with Gasteiger partial charge in [-0.05, 0) is 49.5 Å². The van der Waals surface area contributed by atoms with Crippen LogP contribution in [0.15, 0.2) is 18.2 Å². The molecular weight excluding hydrogens is 268 g/mol. The summed E-state index contributed by atoms with van der Waals surface area (Å²) >= 11 is 0. The lowest BCUT2D eigenvalue weighted by atomic mass is 9.89. The molecule has 1 aliphatic rings. The van der Waals surface area contributed by atoms with Crippen molar-refractivity contribution in [2.75, 3.05) is 39.1 Å². The number of piperidine rings is 1. The summed E-state index contributed by atoms with van der Waals surface area (Å²) in [7, 11) is 1.65. The Kier molecular flexibility index (Phi) is 5.44. The van der Waals surface area contributed by atoms with E-state index in [0.29, 0.717) is 18.2 Å². The molecule has 116 valence electrons. The summed E-state index contributed by atoms with van der Waals surface area (Å²) in [5, 5.41) is 0. The summed E-state index contributed by atoms with van der Waals surface area (Å²) in [6, 6.07) is 6.06. The fraction of sp³-hybridized carbons (Fsp3) is 0.562. The van der Waals surface area contributed by atoms with Crippen LogP contribution in [0.25, 0.3) is 0 Å². The zero-order chi connectivity index (χ0) is 15.2. The average molecular weight is 292 g/mol. The van der Waals surface area contributed by atoms with E-state index < -0.39 is 0 Å². The third kappa shape index (κ3) is 4.36.